The van der Waals surface area contributed by atoms with Crippen LogP contribution in [0.4, 0.5) is 8.78 Å². The van der Waals surface area contributed by atoms with Crippen molar-refractivity contribution in [3.63, 3.8) is 0 Å². The van der Waals surface area contributed by atoms with Crippen LogP contribution in [0.15, 0.2) is 24.3 Å². The Bertz CT molecular complexity index is 519. The molecule has 1 aromatic carbocycles. The molecule has 0 aliphatic carbocycles. The highest BCUT2D eigenvalue weighted by Gasteiger charge is 2.44. The first kappa shape index (κ1) is 16.9. The summed E-state index contributed by atoms with van der Waals surface area (Å²) in [7, 11) is 1.23. The molecule has 116 valence electrons. The number of nitrogens with one attached hydrogen (secondary N) is 1. The maximum Gasteiger partial charge on any atom is 0.353 e. The molecule has 0 saturated carbocycles. The van der Waals surface area contributed by atoms with E-state index in [9.17, 15) is 18.4 Å². The van der Waals surface area contributed by atoms with Crippen molar-refractivity contribution in [2.75, 3.05) is 13.7 Å². The number of benzene rings is 1. The van der Waals surface area contributed by atoms with Crippen molar-refractivity contribution >= 4 is 11.9 Å². The van der Waals surface area contributed by atoms with Gasteiger partial charge in [-0.3, -0.25) is 4.79 Å². The molecule has 0 spiro atoms. The molecule has 1 atom stereocenters. The summed E-state index contributed by atoms with van der Waals surface area (Å²) in [4.78, 5) is 23.1. The maximum absolute atomic E-state index is 14.2. The maximum atomic E-state index is 14.2. The van der Waals surface area contributed by atoms with Crippen LogP contribution in [0.25, 0.3) is 0 Å². The lowest BCUT2D eigenvalue weighted by Gasteiger charge is -2.20. The van der Waals surface area contributed by atoms with Gasteiger partial charge in [0, 0.05) is 0 Å². The Morgan fingerprint density at radius 3 is 2.52 bits per heavy atom. The van der Waals surface area contributed by atoms with Gasteiger partial charge in [-0.25, -0.2) is 4.79 Å². The summed E-state index contributed by atoms with van der Waals surface area (Å²) in [6.07, 6.45) is 0. The van der Waals surface area contributed by atoms with E-state index in [1.165, 1.54) is 32.2 Å². The van der Waals surface area contributed by atoms with Gasteiger partial charge in [-0.05, 0) is 26.0 Å². The fraction of sp³-hybridized carbons (Fsp3) is 0.429. The fourth-order valence-corrected chi connectivity index (χ4v) is 1.64. The fourth-order valence-electron chi connectivity index (χ4n) is 1.64. The summed E-state index contributed by atoms with van der Waals surface area (Å²) < 4.78 is 37.8. The van der Waals surface area contributed by atoms with Crippen molar-refractivity contribution in [1.82, 2.24) is 5.32 Å². The monoisotopic (exact) mass is 301 g/mol. The minimum atomic E-state index is -3.83. The minimum absolute atomic E-state index is 0.0992. The van der Waals surface area contributed by atoms with E-state index >= 15 is 0 Å². The van der Waals surface area contributed by atoms with E-state index in [2.05, 4.69) is 4.74 Å². The van der Waals surface area contributed by atoms with Gasteiger partial charge in [0.2, 0.25) is 0 Å². The Kier molecular flexibility index (Phi) is 5.63. The predicted molar refractivity (Wildman–Crippen MR) is 71.1 cm³/mol. The second-order valence-corrected chi connectivity index (χ2v) is 4.22. The normalized spacial score (nSPS) is 12.4. The number of hydrogen-bond acceptors (Lipinski definition) is 4. The number of halogens is 2. The van der Waals surface area contributed by atoms with Crippen LogP contribution < -0.4 is 10.1 Å². The van der Waals surface area contributed by atoms with Crippen LogP contribution in [0.5, 0.6) is 5.75 Å². The molecule has 21 heavy (non-hydrogen) atoms. The van der Waals surface area contributed by atoms with Gasteiger partial charge in [0.25, 0.3) is 5.91 Å². The molecule has 0 bridgehead atoms. The number of para-hydroxylation sites is 1. The lowest BCUT2D eigenvalue weighted by molar-refractivity contribution is -0.154. The van der Waals surface area contributed by atoms with Gasteiger partial charge in [-0.1, -0.05) is 12.1 Å². The topological polar surface area (TPSA) is 64.6 Å². The van der Waals surface area contributed by atoms with Crippen molar-refractivity contribution in [3.05, 3.63) is 29.8 Å². The molecule has 7 heteroatoms. The molecule has 5 nitrogen and oxygen atoms in total. The van der Waals surface area contributed by atoms with E-state index in [0.29, 0.717) is 0 Å². The summed E-state index contributed by atoms with van der Waals surface area (Å²) in [5.74, 6) is -6.30. The molecule has 0 aliphatic rings. The largest absolute Gasteiger partial charge is 0.496 e. The van der Waals surface area contributed by atoms with E-state index in [0.717, 1.165) is 6.07 Å². The Balaban J connectivity index is 2.91. The predicted octanol–water partition coefficient (Wildman–Crippen LogP) is 1.85. The Morgan fingerprint density at radius 1 is 1.33 bits per heavy atom. The molecule has 0 aromatic heterocycles. The molecule has 1 aromatic rings. The van der Waals surface area contributed by atoms with Gasteiger partial charge in [0.15, 0.2) is 0 Å². The van der Waals surface area contributed by atoms with Gasteiger partial charge in [-0.15, -0.1) is 0 Å². The van der Waals surface area contributed by atoms with E-state index in [1.807, 2.05) is 5.32 Å². The first-order valence-corrected chi connectivity index (χ1v) is 6.33. The SMILES string of the molecule is CCOC(=O)[C@H](C)NC(=O)C(F)(F)c1ccccc1OC. The minimum Gasteiger partial charge on any atom is -0.496 e. The highest BCUT2D eigenvalue weighted by Crippen LogP contribution is 2.35. The molecular weight excluding hydrogens is 284 g/mol. The Labute approximate surface area is 121 Å². The number of amides is 1. The number of rotatable bonds is 6. The number of esters is 1. The first-order valence-electron chi connectivity index (χ1n) is 6.33. The molecule has 0 aliphatic heterocycles. The lowest BCUT2D eigenvalue weighted by atomic mass is 10.1. The summed E-state index contributed by atoms with van der Waals surface area (Å²) in [6, 6.07) is 4.13. The van der Waals surface area contributed by atoms with Crippen LogP contribution in [0.2, 0.25) is 0 Å². The second-order valence-electron chi connectivity index (χ2n) is 4.22. The quantitative estimate of drug-likeness (QED) is 0.815. The van der Waals surface area contributed by atoms with Gasteiger partial charge < -0.3 is 14.8 Å². The molecular formula is C14H17F2NO4. The third kappa shape index (κ3) is 3.90. The molecule has 0 radical (unpaired) electrons. The van der Waals surface area contributed by atoms with Crippen LogP contribution >= 0.6 is 0 Å². The molecule has 0 saturated heterocycles. The van der Waals surface area contributed by atoms with Gasteiger partial charge >= 0.3 is 11.9 Å². The average molecular weight is 301 g/mol. The molecule has 1 rings (SSSR count). The molecule has 0 unspecified atom stereocenters. The number of hydrogen-bond donors (Lipinski definition) is 1. The van der Waals surface area contributed by atoms with E-state index in [-0.39, 0.29) is 12.4 Å². The van der Waals surface area contributed by atoms with Crippen molar-refractivity contribution in [3.8, 4) is 5.75 Å². The van der Waals surface area contributed by atoms with Gasteiger partial charge in [-0.2, -0.15) is 8.78 Å². The van der Waals surface area contributed by atoms with Crippen LogP contribution in [-0.2, 0) is 20.2 Å². The van der Waals surface area contributed by atoms with E-state index in [4.69, 9.17) is 4.74 Å². The average Bonchev–Trinajstić information content (AvgIpc) is 2.47. The molecule has 0 fully saturated rings. The van der Waals surface area contributed by atoms with Crippen LogP contribution in [0.3, 0.4) is 0 Å². The highest BCUT2D eigenvalue weighted by atomic mass is 19.3. The van der Waals surface area contributed by atoms with E-state index < -0.39 is 29.4 Å². The summed E-state index contributed by atoms with van der Waals surface area (Å²) in [5.41, 5.74) is -0.568. The summed E-state index contributed by atoms with van der Waals surface area (Å²) in [6.45, 7) is 2.95. The summed E-state index contributed by atoms with van der Waals surface area (Å²) >= 11 is 0. The van der Waals surface area contributed by atoms with Crippen LogP contribution in [0.1, 0.15) is 19.4 Å². The van der Waals surface area contributed by atoms with Gasteiger partial charge in [0.1, 0.15) is 11.8 Å². The first-order chi connectivity index (χ1) is 9.84. The second kappa shape index (κ2) is 7.01. The molecule has 0 heterocycles. The Morgan fingerprint density at radius 2 is 1.95 bits per heavy atom. The number of carbonyl (C=O) groups is 2. The third-order valence-electron chi connectivity index (χ3n) is 2.72. The third-order valence-corrected chi connectivity index (χ3v) is 2.72. The van der Waals surface area contributed by atoms with Crippen LogP contribution in [0, 0.1) is 0 Å². The smallest absolute Gasteiger partial charge is 0.353 e. The van der Waals surface area contributed by atoms with Crippen molar-refractivity contribution < 1.29 is 27.8 Å². The van der Waals surface area contributed by atoms with Crippen molar-refractivity contribution in [2.45, 2.75) is 25.8 Å². The highest BCUT2D eigenvalue weighted by molar-refractivity contribution is 5.89. The standard InChI is InChI=1S/C14H17F2NO4/c1-4-21-12(18)9(2)17-13(19)14(15,16)10-7-5-6-8-11(10)20-3/h5-9H,4H2,1-3H3,(H,17,19)/t9-/m0/s1. The van der Waals surface area contributed by atoms with E-state index in [1.54, 1.807) is 6.92 Å². The Hall–Kier alpha value is -2.18. The zero-order valence-corrected chi connectivity index (χ0v) is 12.0. The lowest BCUT2D eigenvalue weighted by Crippen LogP contribution is -2.46. The number of alkyl halides is 2. The van der Waals surface area contributed by atoms with Gasteiger partial charge in [0.05, 0.1) is 19.3 Å². The number of methoxy groups -OCH3 is 1. The van der Waals surface area contributed by atoms with Crippen molar-refractivity contribution in [2.24, 2.45) is 0 Å². The molecule has 1 amide bonds. The van der Waals surface area contributed by atoms with Crippen molar-refractivity contribution in [1.29, 1.82) is 0 Å². The summed E-state index contributed by atoms with van der Waals surface area (Å²) in [5, 5.41) is 1.94. The van der Waals surface area contributed by atoms with Crippen LogP contribution in [-0.4, -0.2) is 31.6 Å². The zero-order chi connectivity index (χ0) is 16.0. The zero-order valence-electron chi connectivity index (χ0n) is 12.0. The number of carbonyl (C=O) groups excluding carboxylic acids is 2. The number of ether oxygens (including phenoxy) is 2. The molecule has 1 N–H and O–H groups in total.